The number of carbonyl (C=O) groups is 1. The smallest absolute Gasteiger partial charge is 0.407 e. The van der Waals surface area contributed by atoms with Gasteiger partial charge in [0.2, 0.25) is 0 Å². The SMILES string of the molecule is CC(CCO)CC1CCN(C(=O)O)C(C(C)(C)C)C1. The molecule has 3 atom stereocenters. The third kappa shape index (κ3) is 4.68. The molecule has 0 bridgehead atoms. The van der Waals surface area contributed by atoms with Gasteiger partial charge < -0.3 is 15.1 Å². The molecule has 2 N–H and O–H groups in total. The van der Waals surface area contributed by atoms with Gasteiger partial charge in [0.25, 0.3) is 0 Å². The first kappa shape index (κ1) is 16.3. The van der Waals surface area contributed by atoms with E-state index in [1.165, 1.54) is 0 Å². The lowest BCUT2D eigenvalue weighted by Gasteiger charge is -2.45. The van der Waals surface area contributed by atoms with Gasteiger partial charge in [0.1, 0.15) is 0 Å². The Bertz CT molecular complexity index is 298. The van der Waals surface area contributed by atoms with Crippen LogP contribution in [0.1, 0.15) is 53.4 Å². The van der Waals surface area contributed by atoms with E-state index < -0.39 is 6.09 Å². The van der Waals surface area contributed by atoms with E-state index in [2.05, 4.69) is 27.7 Å². The number of amides is 1. The van der Waals surface area contributed by atoms with Crippen LogP contribution in [0.4, 0.5) is 4.79 Å². The topological polar surface area (TPSA) is 60.8 Å². The highest BCUT2D eigenvalue weighted by atomic mass is 16.4. The summed E-state index contributed by atoms with van der Waals surface area (Å²) in [6.07, 6.45) is 3.06. The summed E-state index contributed by atoms with van der Waals surface area (Å²) < 4.78 is 0. The van der Waals surface area contributed by atoms with Crippen LogP contribution in [0.15, 0.2) is 0 Å². The first-order valence-corrected chi connectivity index (χ1v) is 7.36. The molecule has 0 spiro atoms. The molecule has 1 aliphatic rings. The second-order valence-electron chi connectivity index (χ2n) is 7.10. The molecule has 0 radical (unpaired) electrons. The molecule has 4 nitrogen and oxygen atoms in total. The normalized spacial score (nSPS) is 26.3. The Morgan fingerprint density at radius 3 is 2.53 bits per heavy atom. The maximum atomic E-state index is 11.3. The molecule has 1 amide bonds. The average molecular weight is 271 g/mol. The predicted molar refractivity (Wildman–Crippen MR) is 76.2 cm³/mol. The van der Waals surface area contributed by atoms with Gasteiger partial charge in [-0.3, -0.25) is 0 Å². The monoisotopic (exact) mass is 271 g/mol. The Labute approximate surface area is 116 Å². The second-order valence-corrected chi connectivity index (χ2v) is 7.10. The Morgan fingerprint density at radius 2 is 2.05 bits per heavy atom. The summed E-state index contributed by atoms with van der Waals surface area (Å²) >= 11 is 0. The number of likely N-dealkylation sites (tertiary alicyclic amines) is 1. The molecule has 3 unspecified atom stereocenters. The molecule has 1 fully saturated rings. The highest BCUT2D eigenvalue weighted by molar-refractivity contribution is 5.65. The number of hydrogen-bond donors (Lipinski definition) is 2. The predicted octanol–water partition coefficient (Wildman–Crippen LogP) is 3.20. The van der Waals surface area contributed by atoms with E-state index in [4.69, 9.17) is 5.11 Å². The van der Waals surface area contributed by atoms with Gasteiger partial charge in [-0.15, -0.1) is 0 Å². The molecule has 4 heteroatoms. The molecule has 0 aromatic rings. The van der Waals surface area contributed by atoms with Crippen LogP contribution in [0.25, 0.3) is 0 Å². The molecule has 0 aliphatic carbocycles. The first-order valence-electron chi connectivity index (χ1n) is 7.36. The van der Waals surface area contributed by atoms with Gasteiger partial charge in [-0.2, -0.15) is 0 Å². The summed E-state index contributed by atoms with van der Waals surface area (Å²) in [6.45, 7) is 9.42. The molecule has 0 saturated carbocycles. The maximum Gasteiger partial charge on any atom is 0.407 e. The molecule has 1 heterocycles. The molecular formula is C15H29NO3. The summed E-state index contributed by atoms with van der Waals surface area (Å²) in [5.74, 6) is 1.10. The number of piperidine rings is 1. The maximum absolute atomic E-state index is 11.3. The van der Waals surface area contributed by atoms with E-state index in [1.54, 1.807) is 4.90 Å². The van der Waals surface area contributed by atoms with E-state index >= 15 is 0 Å². The van der Waals surface area contributed by atoms with Gasteiger partial charge in [-0.25, -0.2) is 4.79 Å². The Hall–Kier alpha value is -0.770. The lowest BCUT2D eigenvalue weighted by molar-refractivity contribution is 0.0355. The van der Waals surface area contributed by atoms with Crippen molar-refractivity contribution < 1.29 is 15.0 Å². The van der Waals surface area contributed by atoms with Crippen LogP contribution < -0.4 is 0 Å². The van der Waals surface area contributed by atoms with Crippen molar-refractivity contribution in [2.24, 2.45) is 17.3 Å². The second kappa shape index (κ2) is 6.60. The van der Waals surface area contributed by atoms with Crippen molar-refractivity contribution in [1.82, 2.24) is 4.90 Å². The summed E-state index contributed by atoms with van der Waals surface area (Å²) in [5, 5.41) is 18.3. The molecule has 0 aromatic heterocycles. The van der Waals surface area contributed by atoms with E-state index in [1.807, 2.05) is 0 Å². The minimum Gasteiger partial charge on any atom is -0.465 e. The van der Waals surface area contributed by atoms with Gasteiger partial charge in [0, 0.05) is 19.2 Å². The van der Waals surface area contributed by atoms with Crippen molar-refractivity contribution in [3.63, 3.8) is 0 Å². The standard InChI is InChI=1S/C15H29NO3/c1-11(6-8-17)9-12-5-7-16(14(18)19)13(10-12)15(2,3)4/h11-13,17H,5-10H2,1-4H3,(H,18,19). The fourth-order valence-corrected chi connectivity index (χ4v) is 3.21. The number of rotatable bonds is 4. The van der Waals surface area contributed by atoms with E-state index in [0.29, 0.717) is 18.4 Å². The van der Waals surface area contributed by atoms with Crippen LogP contribution in [0.3, 0.4) is 0 Å². The third-order valence-electron chi connectivity index (χ3n) is 4.31. The fourth-order valence-electron chi connectivity index (χ4n) is 3.21. The Morgan fingerprint density at radius 1 is 1.42 bits per heavy atom. The lowest BCUT2D eigenvalue weighted by Crippen LogP contribution is -2.51. The highest BCUT2D eigenvalue weighted by Crippen LogP contribution is 2.37. The lowest BCUT2D eigenvalue weighted by atomic mass is 9.75. The fraction of sp³-hybridized carbons (Fsp3) is 0.933. The Balaban J connectivity index is 2.66. The van der Waals surface area contributed by atoms with E-state index in [-0.39, 0.29) is 18.1 Å². The van der Waals surface area contributed by atoms with Crippen LogP contribution >= 0.6 is 0 Å². The minimum absolute atomic E-state index is 0.0166. The van der Waals surface area contributed by atoms with E-state index in [0.717, 1.165) is 25.7 Å². The highest BCUT2D eigenvalue weighted by Gasteiger charge is 2.38. The van der Waals surface area contributed by atoms with Gasteiger partial charge in [-0.1, -0.05) is 27.7 Å². The number of hydrogen-bond acceptors (Lipinski definition) is 2. The largest absolute Gasteiger partial charge is 0.465 e. The quantitative estimate of drug-likeness (QED) is 0.825. The summed E-state index contributed by atoms with van der Waals surface area (Å²) in [4.78, 5) is 13.0. The zero-order valence-electron chi connectivity index (χ0n) is 12.7. The van der Waals surface area contributed by atoms with Gasteiger partial charge >= 0.3 is 6.09 Å². The first-order chi connectivity index (χ1) is 8.75. The van der Waals surface area contributed by atoms with Crippen LogP contribution in [0.5, 0.6) is 0 Å². The van der Waals surface area contributed by atoms with Crippen LogP contribution in [-0.2, 0) is 0 Å². The van der Waals surface area contributed by atoms with Crippen molar-refractivity contribution in [2.75, 3.05) is 13.2 Å². The van der Waals surface area contributed by atoms with E-state index in [9.17, 15) is 9.90 Å². The minimum atomic E-state index is -0.790. The van der Waals surface area contributed by atoms with Crippen molar-refractivity contribution >= 4 is 6.09 Å². The van der Waals surface area contributed by atoms with Crippen molar-refractivity contribution in [1.29, 1.82) is 0 Å². The van der Waals surface area contributed by atoms with Crippen LogP contribution in [-0.4, -0.2) is 40.4 Å². The third-order valence-corrected chi connectivity index (χ3v) is 4.31. The zero-order chi connectivity index (χ0) is 14.6. The van der Waals surface area contributed by atoms with Crippen molar-refractivity contribution in [3.05, 3.63) is 0 Å². The number of aliphatic hydroxyl groups excluding tert-OH is 1. The molecule has 19 heavy (non-hydrogen) atoms. The van der Waals surface area contributed by atoms with Gasteiger partial charge in [0.15, 0.2) is 0 Å². The zero-order valence-corrected chi connectivity index (χ0v) is 12.7. The van der Waals surface area contributed by atoms with Crippen LogP contribution in [0.2, 0.25) is 0 Å². The van der Waals surface area contributed by atoms with Crippen LogP contribution in [0, 0.1) is 17.3 Å². The Kier molecular flexibility index (Phi) is 5.65. The number of aliphatic hydroxyl groups is 1. The van der Waals surface area contributed by atoms with Gasteiger partial charge in [-0.05, 0) is 42.9 Å². The molecule has 1 aliphatic heterocycles. The molecule has 0 aromatic carbocycles. The molecule has 112 valence electrons. The van der Waals surface area contributed by atoms with Crippen molar-refractivity contribution in [3.8, 4) is 0 Å². The summed E-state index contributed by atoms with van der Waals surface area (Å²) in [7, 11) is 0. The summed E-state index contributed by atoms with van der Waals surface area (Å²) in [6, 6.07) is 0.102. The number of nitrogens with zero attached hydrogens (tertiary/aromatic N) is 1. The number of carboxylic acid groups (broad SMARTS) is 1. The molecular weight excluding hydrogens is 242 g/mol. The molecule has 1 saturated heterocycles. The average Bonchev–Trinajstić information content (AvgIpc) is 2.27. The summed E-state index contributed by atoms with van der Waals surface area (Å²) in [5.41, 5.74) is -0.0166. The molecule has 1 rings (SSSR count). The van der Waals surface area contributed by atoms with Crippen molar-refractivity contribution in [2.45, 2.75) is 59.4 Å². The van der Waals surface area contributed by atoms with Gasteiger partial charge in [0.05, 0.1) is 0 Å².